The van der Waals surface area contributed by atoms with Crippen LogP contribution in [0.2, 0.25) is 0 Å². The van der Waals surface area contributed by atoms with Gasteiger partial charge in [0.15, 0.2) is 8.03 Å². The maximum absolute atomic E-state index is 11.8. The number of hydrogen-bond donors (Lipinski definition) is 0. The summed E-state index contributed by atoms with van der Waals surface area (Å²) in [6.07, 6.45) is 12.9. The lowest BCUT2D eigenvalue weighted by atomic mass is 10.1. The first-order valence-electron chi connectivity index (χ1n) is 9.60. The Balaban J connectivity index is 3.28. The molecule has 0 fully saturated rings. The maximum Gasteiger partial charge on any atom is 0.330 e. The van der Waals surface area contributed by atoms with Gasteiger partial charge in [0.05, 0.1) is 27.7 Å². The molecule has 0 amide bonds. The highest BCUT2D eigenvalue weighted by Crippen LogP contribution is 2.24. The third-order valence-corrected chi connectivity index (χ3v) is 5.14. The van der Waals surface area contributed by atoms with Crippen LogP contribution in [0, 0.1) is 0 Å². The van der Waals surface area contributed by atoms with E-state index in [1.54, 1.807) is 13.0 Å². The first kappa shape index (κ1) is 24.4. The SMILES string of the molecule is CC=CC(=O)OCCCCCCCCCC[PH](=O)OCC[N+](C)(C)C. The highest BCUT2D eigenvalue weighted by molar-refractivity contribution is 7.39. The molecule has 5 nitrogen and oxygen atoms in total. The molecule has 0 aliphatic heterocycles. The third-order valence-electron chi connectivity index (χ3n) is 3.85. The van der Waals surface area contributed by atoms with Gasteiger partial charge in [0, 0.05) is 12.2 Å². The summed E-state index contributed by atoms with van der Waals surface area (Å²) in [6, 6.07) is 0. The van der Waals surface area contributed by atoms with Crippen LogP contribution in [0.4, 0.5) is 0 Å². The van der Waals surface area contributed by atoms with Crippen LogP contribution in [0.25, 0.3) is 0 Å². The molecular formula is C19H39NO4P+. The lowest BCUT2D eigenvalue weighted by molar-refractivity contribution is -0.870. The van der Waals surface area contributed by atoms with E-state index >= 15 is 0 Å². The highest BCUT2D eigenvalue weighted by Gasteiger charge is 2.08. The van der Waals surface area contributed by atoms with Crippen LogP contribution in [-0.2, 0) is 18.6 Å². The third kappa shape index (κ3) is 19.5. The van der Waals surface area contributed by atoms with Gasteiger partial charge in [0.25, 0.3) is 0 Å². The Labute approximate surface area is 155 Å². The first-order valence-corrected chi connectivity index (χ1v) is 11.1. The zero-order valence-electron chi connectivity index (χ0n) is 16.7. The van der Waals surface area contributed by atoms with Crippen LogP contribution in [-0.4, -0.2) is 57.5 Å². The smallest absolute Gasteiger partial charge is 0.330 e. The average Bonchev–Trinajstić information content (AvgIpc) is 2.51. The molecule has 148 valence electrons. The van der Waals surface area contributed by atoms with Gasteiger partial charge in [-0.15, -0.1) is 0 Å². The second kappa shape index (κ2) is 15.6. The standard InChI is InChI=1S/C19H39NO4P/c1-5-14-19(21)23-16-12-10-8-6-7-9-11-13-18-25(22)24-17-15-20(2,3)4/h5,14,25H,6-13,15-18H2,1-4H3/q+1. The topological polar surface area (TPSA) is 52.6 Å². The van der Waals surface area contributed by atoms with Gasteiger partial charge in [-0.3, -0.25) is 4.57 Å². The number of likely N-dealkylation sites (N-methyl/N-ethyl adjacent to an activating group) is 1. The lowest BCUT2D eigenvalue weighted by Gasteiger charge is -2.23. The van der Waals surface area contributed by atoms with Crippen molar-refractivity contribution in [3.8, 4) is 0 Å². The zero-order chi connectivity index (χ0) is 19.0. The number of carbonyl (C=O) groups is 1. The molecule has 0 aromatic heterocycles. The molecule has 0 saturated heterocycles. The number of hydrogen-bond acceptors (Lipinski definition) is 4. The van der Waals surface area contributed by atoms with Gasteiger partial charge in [-0.25, -0.2) is 4.79 Å². The summed E-state index contributed by atoms with van der Waals surface area (Å²) in [6.45, 7) is 3.81. The molecule has 0 aromatic carbocycles. The van der Waals surface area contributed by atoms with Crippen LogP contribution in [0.3, 0.4) is 0 Å². The number of rotatable bonds is 16. The molecular weight excluding hydrogens is 337 g/mol. The quantitative estimate of drug-likeness (QED) is 0.132. The molecule has 0 bridgehead atoms. The molecule has 25 heavy (non-hydrogen) atoms. The second-order valence-corrected chi connectivity index (χ2v) is 9.01. The van der Waals surface area contributed by atoms with E-state index in [9.17, 15) is 9.36 Å². The number of unbranched alkanes of at least 4 members (excludes halogenated alkanes) is 7. The van der Waals surface area contributed by atoms with Crippen molar-refractivity contribution >= 4 is 14.0 Å². The molecule has 1 atom stereocenters. The molecule has 0 saturated carbocycles. The fourth-order valence-electron chi connectivity index (χ4n) is 2.29. The molecule has 6 heteroatoms. The van der Waals surface area contributed by atoms with Crippen LogP contribution in [0.5, 0.6) is 0 Å². The molecule has 0 radical (unpaired) electrons. The Kier molecular flexibility index (Phi) is 15.2. The Hall–Kier alpha value is -0.640. The Morgan fingerprint density at radius 3 is 2.04 bits per heavy atom. The number of esters is 1. The Morgan fingerprint density at radius 1 is 0.920 bits per heavy atom. The van der Waals surface area contributed by atoms with Crippen LogP contribution in [0.1, 0.15) is 58.3 Å². The van der Waals surface area contributed by atoms with Crippen LogP contribution < -0.4 is 0 Å². The Bertz CT molecular complexity index is 391. The van der Waals surface area contributed by atoms with Crippen molar-refractivity contribution in [2.24, 2.45) is 0 Å². The lowest BCUT2D eigenvalue weighted by Crippen LogP contribution is -2.37. The number of nitrogens with zero attached hydrogens (tertiary/aromatic N) is 1. The van der Waals surface area contributed by atoms with Crippen LogP contribution in [0.15, 0.2) is 12.2 Å². The molecule has 0 aliphatic rings. The van der Waals surface area contributed by atoms with Crippen molar-refractivity contribution < 1.29 is 23.1 Å². The van der Waals surface area contributed by atoms with Gasteiger partial charge in [0.1, 0.15) is 13.2 Å². The summed E-state index contributed by atoms with van der Waals surface area (Å²) < 4.78 is 23.1. The molecule has 0 aliphatic carbocycles. The van der Waals surface area contributed by atoms with Gasteiger partial charge < -0.3 is 13.7 Å². The predicted molar refractivity (Wildman–Crippen MR) is 105 cm³/mol. The van der Waals surface area contributed by atoms with Crippen molar-refractivity contribution in [3.63, 3.8) is 0 Å². The molecule has 0 heterocycles. The van der Waals surface area contributed by atoms with Crippen LogP contribution >= 0.6 is 8.03 Å². The summed E-state index contributed by atoms with van der Waals surface area (Å²) in [7, 11) is 4.49. The summed E-state index contributed by atoms with van der Waals surface area (Å²) in [5, 5.41) is 0. The van der Waals surface area contributed by atoms with Gasteiger partial charge in [-0.2, -0.15) is 0 Å². The fraction of sp³-hybridized carbons (Fsp3) is 0.842. The summed E-state index contributed by atoms with van der Waals surface area (Å²) in [5.41, 5.74) is 0. The van der Waals surface area contributed by atoms with Crippen molar-refractivity contribution in [3.05, 3.63) is 12.2 Å². The monoisotopic (exact) mass is 376 g/mol. The van der Waals surface area contributed by atoms with Crippen molar-refractivity contribution in [1.29, 1.82) is 0 Å². The fourth-order valence-corrected chi connectivity index (χ4v) is 3.30. The van der Waals surface area contributed by atoms with Crippen molar-refractivity contribution in [2.45, 2.75) is 58.3 Å². The molecule has 0 N–H and O–H groups in total. The minimum atomic E-state index is -1.84. The van der Waals surface area contributed by atoms with E-state index in [1.807, 2.05) is 0 Å². The minimum Gasteiger partial charge on any atom is -0.463 e. The van der Waals surface area contributed by atoms with Crippen molar-refractivity contribution in [2.75, 3.05) is 47.1 Å². The number of quaternary nitrogens is 1. The number of ether oxygens (including phenoxy) is 1. The molecule has 0 rings (SSSR count). The predicted octanol–water partition coefficient (Wildman–Crippen LogP) is 4.42. The normalized spacial score (nSPS) is 13.3. The van der Waals surface area contributed by atoms with Gasteiger partial charge >= 0.3 is 5.97 Å². The van der Waals surface area contributed by atoms with E-state index in [0.29, 0.717) is 13.2 Å². The second-order valence-electron chi connectivity index (χ2n) is 7.48. The molecule has 0 spiro atoms. The van der Waals surface area contributed by atoms with Gasteiger partial charge in [-0.1, -0.05) is 44.6 Å². The van der Waals surface area contributed by atoms with E-state index in [0.717, 1.165) is 42.9 Å². The van der Waals surface area contributed by atoms with Gasteiger partial charge in [-0.05, 0) is 19.8 Å². The van der Waals surface area contributed by atoms with Crippen molar-refractivity contribution in [1.82, 2.24) is 0 Å². The van der Waals surface area contributed by atoms with E-state index in [2.05, 4.69) is 21.1 Å². The average molecular weight is 376 g/mol. The summed E-state index contributed by atoms with van der Waals surface area (Å²) in [4.78, 5) is 11.1. The first-order chi connectivity index (χ1) is 11.8. The summed E-state index contributed by atoms with van der Waals surface area (Å²) >= 11 is 0. The zero-order valence-corrected chi connectivity index (χ0v) is 17.7. The van der Waals surface area contributed by atoms with E-state index in [1.165, 1.54) is 31.8 Å². The molecule has 0 aromatic rings. The Morgan fingerprint density at radius 2 is 1.48 bits per heavy atom. The minimum absolute atomic E-state index is 0.247. The molecule has 1 unspecified atom stereocenters. The number of allylic oxidation sites excluding steroid dienone is 1. The largest absolute Gasteiger partial charge is 0.463 e. The van der Waals surface area contributed by atoms with E-state index in [-0.39, 0.29) is 5.97 Å². The maximum atomic E-state index is 11.8. The van der Waals surface area contributed by atoms with Gasteiger partial charge in [0.2, 0.25) is 0 Å². The highest BCUT2D eigenvalue weighted by atomic mass is 31.1. The van der Waals surface area contributed by atoms with E-state index in [4.69, 9.17) is 9.26 Å². The number of carbonyl (C=O) groups excluding carboxylic acids is 1. The summed E-state index contributed by atoms with van der Waals surface area (Å²) in [5.74, 6) is -0.247. The van der Waals surface area contributed by atoms with E-state index < -0.39 is 8.03 Å².